The number of nitrogens with zero attached hydrogens (tertiary/aromatic N) is 2. The Morgan fingerprint density at radius 1 is 1.55 bits per heavy atom. The maximum absolute atomic E-state index is 12.2. The number of pyridine rings is 1. The van der Waals surface area contributed by atoms with Crippen LogP contribution in [0.25, 0.3) is 0 Å². The second kappa shape index (κ2) is 6.17. The van der Waals surface area contributed by atoms with Crippen molar-refractivity contribution in [3.63, 3.8) is 0 Å². The van der Waals surface area contributed by atoms with Gasteiger partial charge in [-0.15, -0.1) is 0 Å². The first-order valence-electron chi connectivity index (χ1n) is 6.60. The fourth-order valence-electron chi connectivity index (χ4n) is 2.61. The molecular weight excluding hydrogens is 282 g/mol. The molecule has 1 heterocycles. The maximum Gasteiger partial charge on any atom is 0.300 e. The summed E-state index contributed by atoms with van der Waals surface area (Å²) in [4.78, 5) is 26.1. The van der Waals surface area contributed by atoms with Gasteiger partial charge in [0.2, 0.25) is 0 Å². The zero-order valence-electron chi connectivity index (χ0n) is 11.1. The minimum atomic E-state index is -0.627. The Morgan fingerprint density at radius 3 is 2.80 bits per heavy atom. The number of halogens is 1. The van der Waals surface area contributed by atoms with Crippen LogP contribution in [0.3, 0.4) is 0 Å². The van der Waals surface area contributed by atoms with Crippen LogP contribution in [0, 0.1) is 16.0 Å². The first-order chi connectivity index (χ1) is 9.49. The number of hydrogen-bond donors (Lipinski definition) is 1. The predicted molar refractivity (Wildman–Crippen MR) is 74.8 cm³/mol. The molecule has 1 aromatic rings. The lowest BCUT2D eigenvalue weighted by Gasteiger charge is -2.20. The Morgan fingerprint density at radius 2 is 2.20 bits per heavy atom. The van der Waals surface area contributed by atoms with Gasteiger partial charge in [0, 0.05) is 6.04 Å². The minimum Gasteiger partial charge on any atom is -0.349 e. The Kier molecular flexibility index (Phi) is 4.54. The van der Waals surface area contributed by atoms with Crippen LogP contribution in [0.15, 0.2) is 12.3 Å². The standard InChI is InChI=1S/C13H16ClN3O3/c1-8(9-4-2-3-5-9)16-13(18)10-6-12(14)15-7-11(10)17(19)20/h6-9H,2-5H2,1H3,(H,16,18). The van der Waals surface area contributed by atoms with Gasteiger partial charge < -0.3 is 5.32 Å². The average Bonchev–Trinajstić information content (AvgIpc) is 2.92. The lowest BCUT2D eigenvalue weighted by atomic mass is 9.99. The van der Waals surface area contributed by atoms with E-state index in [1.165, 1.54) is 18.9 Å². The molecule has 1 aliphatic carbocycles. The summed E-state index contributed by atoms with van der Waals surface area (Å²) in [7, 11) is 0. The molecule has 1 amide bonds. The van der Waals surface area contributed by atoms with Crippen LogP contribution in [0.2, 0.25) is 5.15 Å². The summed E-state index contributed by atoms with van der Waals surface area (Å²) in [6.07, 6.45) is 5.52. The number of carbonyl (C=O) groups is 1. The summed E-state index contributed by atoms with van der Waals surface area (Å²) in [5, 5.41) is 13.8. The van der Waals surface area contributed by atoms with Crippen molar-refractivity contribution in [1.82, 2.24) is 10.3 Å². The van der Waals surface area contributed by atoms with Gasteiger partial charge in [0.1, 0.15) is 16.9 Å². The molecule has 0 spiro atoms. The summed E-state index contributed by atoms with van der Waals surface area (Å²) < 4.78 is 0. The fraction of sp³-hybridized carbons (Fsp3) is 0.538. The van der Waals surface area contributed by atoms with Gasteiger partial charge in [0.05, 0.1) is 4.92 Å². The Hall–Kier alpha value is -1.69. The summed E-state index contributed by atoms with van der Waals surface area (Å²) in [5.74, 6) is -0.0317. The SMILES string of the molecule is CC(NC(=O)c1cc(Cl)ncc1[N+](=O)[O-])C1CCCC1. The van der Waals surface area contributed by atoms with Gasteiger partial charge in [-0.1, -0.05) is 24.4 Å². The Labute approximate surface area is 121 Å². The molecule has 6 nitrogen and oxygen atoms in total. The number of nitrogens with one attached hydrogen (secondary N) is 1. The predicted octanol–water partition coefficient (Wildman–Crippen LogP) is 2.95. The number of nitro groups is 1. The minimum absolute atomic E-state index is 0.00320. The molecule has 108 valence electrons. The van der Waals surface area contributed by atoms with E-state index in [0.717, 1.165) is 19.0 Å². The second-order valence-corrected chi connectivity index (χ2v) is 5.48. The molecular formula is C13H16ClN3O3. The van der Waals surface area contributed by atoms with E-state index in [2.05, 4.69) is 10.3 Å². The third-order valence-electron chi connectivity index (χ3n) is 3.76. The quantitative estimate of drug-likeness (QED) is 0.526. The second-order valence-electron chi connectivity index (χ2n) is 5.09. The van der Waals surface area contributed by atoms with Crippen molar-refractivity contribution in [3.05, 3.63) is 33.1 Å². The number of carbonyl (C=O) groups excluding carboxylic acids is 1. The number of hydrogen-bond acceptors (Lipinski definition) is 4. The molecule has 7 heteroatoms. The monoisotopic (exact) mass is 297 g/mol. The van der Waals surface area contributed by atoms with Crippen LogP contribution in [0.1, 0.15) is 43.0 Å². The first kappa shape index (κ1) is 14.7. The zero-order chi connectivity index (χ0) is 14.7. The molecule has 20 heavy (non-hydrogen) atoms. The van der Waals surface area contributed by atoms with Gasteiger partial charge >= 0.3 is 0 Å². The average molecular weight is 298 g/mol. The van der Waals surface area contributed by atoms with Gasteiger partial charge in [-0.3, -0.25) is 14.9 Å². The van der Waals surface area contributed by atoms with Crippen LogP contribution in [0.5, 0.6) is 0 Å². The fourth-order valence-corrected chi connectivity index (χ4v) is 2.77. The summed E-state index contributed by atoms with van der Waals surface area (Å²) in [5.41, 5.74) is -0.370. The van der Waals surface area contributed by atoms with E-state index in [-0.39, 0.29) is 22.4 Å². The molecule has 0 aliphatic heterocycles. The molecule has 0 radical (unpaired) electrons. The van der Waals surface area contributed by atoms with Crippen molar-refractivity contribution in [3.8, 4) is 0 Å². The lowest BCUT2D eigenvalue weighted by molar-refractivity contribution is -0.385. The Balaban J connectivity index is 2.15. The van der Waals surface area contributed by atoms with Crippen molar-refractivity contribution in [2.75, 3.05) is 0 Å². The summed E-state index contributed by atoms with van der Waals surface area (Å²) in [6, 6.07) is 1.23. The largest absolute Gasteiger partial charge is 0.349 e. The van der Waals surface area contributed by atoms with E-state index in [9.17, 15) is 14.9 Å². The maximum atomic E-state index is 12.2. The highest BCUT2D eigenvalue weighted by molar-refractivity contribution is 6.29. The number of rotatable bonds is 4. The summed E-state index contributed by atoms with van der Waals surface area (Å²) in [6.45, 7) is 1.93. The van der Waals surface area contributed by atoms with Crippen molar-refractivity contribution >= 4 is 23.2 Å². The molecule has 1 aliphatic rings. The first-order valence-corrected chi connectivity index (χ1v) is 6.97. The van der Waals surface area contributed by atoms with Crippen molar-refractivity contribution in [2.24, 2.45) is 5.92 Å². The molecule has 0 aromatic carbocycles. The van der Waals surface area contributed by atoms with Crippen molar-refractivity contribution in [2.45, 2.75) is 38.6 Å². The molecule has 1 unspecified atom stereocenters. The van der Waals surface area contributed by atoms with Crippen molar-refractivity contribution in [1.29, 1.82) is 0 Å². The van der Waals surface area contributed by atoms with Crippen LogP contribution < -0.4 is 5.32 Å². The van der Waals surface area contributed by atoms with Gasteiger partial charge in [0.25, 0.3) is 11.6 Å². The molecule has 1 atom stereocenters. The highest BCUT2D eigenvalue weighted by atomic mass is 35.5. The van der Waals surface area contributed by atoms with E-state index in [4.69, 9.17) is 11.6 Å². The highest BCUT2D eigenvalue weighted by Gasteiger charge is 2.26. The van der Waals surface area contributed by atoms with E-state index in [0.29, 0.717) is 5.92 Å². The van der Waals surface area contributed by atoms with E-state index >= 15 is 0 Å². The normalized spacial score (nSPS) is 16.9. The highest BCUT2D eigenvalue weighted by Crippen LogP contribution is 2.28. The third kappa shape index (κ3) is 3.25. The molecule has 1 fully saturated rings. The topological polar surface area (TPSA) is 85.1 Å². The van der Waals surface area contributed by atoms with E-state index in [1.54, 1.807) is 0 Å². The molecule has 0 bridgehead atoms. The number of amides is 1. The number of aromatic nitrogens is 1. The van der Waals surface area contributed by atoms with E-state index in [1.807, 2.05) is 6.92 Å². The van der Waals surface area contributed by atoms with Gasteiger partial charge in [-0.25, -0.2) is 4.98 Å². The van der Waals surface area contributed by atoms with Crippen LogP contribution in [-0.2, 0) is 0 Å². The third-order valence-corrected chi connectivity index (χ3v) is 3.96. The van der Waals surface area contributed by atoms with Crippen LogP contribution >= 0.6 is 11.6 Å². The van der Waals surface area contributed by atoms with E-state index < -0.39 is 10.8 Å². The summed E-state index contributed by atoms with van der Waals surface area (Å²) >= 11 is 5.72. The Bertz CT molecular complexity index is 530. The van der Waals surface area contributed by atoms with Gasteiger partial charge in [0.15, 0.2) is 0 Å². The lowest BCUT2D eigenvalue weighted by Crippen LogP contribution is -2.37. The van der Waals surface area contributed by atoms with Crippen LogP contribution in [0.4, 0.5) is 5.69 Å². The molecule has 1 N–H and O–H groups in total. The zero-order valence-corrected chi connectivity index (χ0v) is 11.9. The van der Waals surface area contributed by atoms with Gasteiger partial charge in [-0.2, -0.15) is 0 Å². The smallest absolute Gasteiger partial charge is 0.300 e. The molecule has 1 saturated carbocycles. The molecule has 2 rings (SSSR count). The molecule has 1 aromatic heterocycles. The van der Waals surface area contributed by atoms with Crippen LogP contribution in [-0.4, -0.2) is 21.9 Å². The molecule has 0 saturated heterocycles. The van der Waals surface area contributed by atoms with Crippen molar-refractivity contribution < 1.29 is 9.72 Å². The van der Waals surface area contributed by atoms with Gasteiger partial charge in [-0.05, 0) is 31.7 Å².